The van der Waals surface area contributed by atoms with E-state index in [4.69, 9.17) is 5.41 Å². The van der Waals surface area contributed by atoms with E-state index in [1.165, 1.54) is 36.4 Å². The summed E-state index contributed by atoms with van der Waals surface area (Å²) >= 11 is 0. The van der Waals surface area contributed by atoms with Gasteiger partial charge in [-0.3, -0.25) is 5.41 Å². The van der Waals surface area contributed by atoms with Gasteiger partial charge in [0.1, 0.15) is 11.5 Å². The van der Waals surface area contributed by atoms with Crippen LogP contribution in [0.15, 0.2) is 76.7 Å². The summed E-state index contributed by atoms with van der Waals surface area (Å²) in [5, 5.41) is 28.1. The molecule has 3 rings (SSSR count). The summed E-state index contributed by atoms with van der Waals surface area (Å²) in [6.07, 6.45) is -9.06. The average Bonchev–Trinajstić information content (AvgIpc) is 2.76. The van der Waals surface area contributed by atoms with Crippen LogP contribution in [-0.2, 0) is 12.4 Å². The number of phenolic OH excluding ortho intramolecular Hbond substituents is 2. The lowest BCUT2D eigenvalue weighted by Crippen LogP contribution is -2.13. The van der Waals surface area contributed by atoms with Gasteiger partial charge in [0.2, 0.25) is 0 Å². The molecule has 0 radical (unpaired) electrons. The largest absolute Gasteiger partial charge is 0.507 e. The van der Waals surface area contributed by atoms with Crippen molar-refractivity contribution in [1.82, 2.24) is 0 Å². The summed E-state index contributed by atoms with van der Waals surface area (Å²) in [5.74, 6) is -1.84. The van der Waals surface area contributed by atoms with E-state index >= 15 is 0 Å². The van der Waals surface area contributed by atoms with Gasteiger partial charge in [-0.15, -0.1) is 0 Å². The minimum Gasteiger partial charge on any atom is -0.507 e. The minimum absolute atomic E-state index is 0.0399. The van der Waals surface area contributed by atoms with Gasteiger partial charge < -0.3 is 10.2 Å². The van der Waals surface area contributed by atoms with Gasteiger partial charge in [0.15, 0.2) is 11.7 Å². The Morgan fingerprint density at radius 2 is 1.29 bits per heavy atom. The van der Waals surface area contributed by atoms with Crippen molar-refractivity contribution in [2.24, 2.45) is 9.98 Å². The molecule has 5 nitrogen and oxygen atoms in total. The predicted molar refractivity (Wildman–Crippen MR) is 114 cm³/mol. The van der Waals surface area contributed by atoms with E-state index in [1.807, 2.05) is 0 Å². The molecule has 176 valence electrons. The van der Waals surface area contributed by atoms with Crippen LogP contribution in [0.4, 0.5) is 26.3 Å². The van der Waals surface area contributed by atoms with E-state index in [2.05, 4.69) is 9.98 Å². The van der Waals surface area contributed by atoms with Crippen molar-refractivity contribution < 1.29 is 36.6 Å². The van der Waals surface area contributed by atoms with Gasteiger partial charge in [-0.2, -0.15) is 26.3 Å². The third-order valence-corrected chi connectivity index (χ3v) is 4.49. The van der Waals surface area contributed by atoms with Crippen molar-refractivity contribution in [2.45, 2.75) is 12.4 Å². The van der Waals surface area contributed by atoms with Gasteiger partial charge in [0.05, 0.1) is 16.7 Å². The summed E-state index contributed by atoms with van der Waals surface area (Å²) in [5.41, 5.74) is -3.77. The monoisotopic (exact) mass is 479 g/mol. The Kier molecular flexibility index (Phi) is 6.75. The SMILES string of the molecule is N=C(N=C(N=Cc1ccccc1O)c1ccccc1O)c1cc(C(F)(F)F)cc(C(F)(F)F)c1. The molecule has 0 aliphatic carbocycles. The molecule has 0 heterocycles. The molecule has 0 bridgehead atoms. The number of para-hydroxylation sites is 2. The number of aromatic hydroxyl groups is 2. The Morgan fingerprint density at radius 3 is 1.82 bits per heavy atom. The summed E-state index contributed by atoms with van der Waals surface area (Å²) in [4.78, 5) is 7.81. The van der Waals surface area contributed by atoms with E-state index in [0.717, 1.165) is 6.21 Å². The highest BCUT2D eigenvalue weighted by Gasteiger charge is 2.37. The lowest BCUT2D eigenvalue weighted by Gasteiger charge is -2.14. The van der Waals surface area contributed by atoms with E-state index in [1.54, 1.807) is 12.1 Å². The molecule has 0 aliphatic heterocycles. The lowest BCUT2D eigenvalue weighted by atomic mass is 10.0. The molecule has 3 aromatic rings. The van der Waals surface area contributed by atoms with Crippen LogP contribution in [0.2, 0.25) is 0 Å². The first-order valence-corrected chi connectivity index (χ1v) is 9.44. The molecular formula is C23H15F6N3O2. The quantitative estimate of drug-likeness (QED) is 0.243. The molecule has 3 N–H and O–H groups in total. The second kappa shape index (κ2) is 9.38. The van der Waals surface area contributed by atoms with Crippen molar-refractivity contribution in [1.29, 1.82) is 5.41 Å². The van der Waals surface area contributed by atoms with Crippen molar-refractivity contribution in [2.75, 3.05) is 0 Å². The summed E-state index contributed by atoms with van der Waals surface area (Å²) in [6.45, 7) is 0. The van der Waals surface area contributed by atoms with Crippen LogP contribution >= 0.6 is 0 Å². The maximum atomic E-state index is 13.2. The van der Waals surface area contributed by atoms with Crippen LogP contribution in [0.3, 0.4) is 0 Å². The molecule has 0 fully saturated rings. The van der Waals surface area contributed by atoms with Crippen molar-refractivity contribution >= 4 is 17.9 Å². The number of hydrogen-bond donors (Lipinski definition) is 3. The van der Waals surface area contributed by atoms with E-state index in [-0.39, 0.29) is 34.5 Å². The smallest absolute Gasteiger partial charge is 0.416 e. The highest BCUT2D eigenvalue weighted by Crippen LogP contribution is 2.36. The average molecular weight is 479 g/mol. The molecule has 11 heteroatoms. The summed E-state index contributed by atoms with van der Waals surface area (Å²) in [6, 6.07) is 12.2. The first kappa shape index (κ1) is 24.5. The Balaban J connectivity index is 2.14. The summed E-state index contributed by atoms with van der Waals surface area (Å²) < 4.78 is 79.0. The molecular weight excluding hydrogens is 464 g/mol. The molecule has 3 aromatic carbocycles. The van der Waals surface area contributed by atoms with Crippen LogP contribution < -0.4 is 0 Å². The van der Waals surface area contributed by atoms with Gasteiger partial charge >= 0.3 is 12.4 Å². The Hall–Kier alpha value is -4.15. The normalized spacial score (nSPS) is 12.8. The van der Waals surface area contributed by atoms with Gasteiger partial charge in [0, 0.05) is 17.3 Å². The fourth-order valence-electron chi connectivity index (χ4n) is 2.81. The molecule has 0 aliphatic rings. The number of benzene rings is 3. The van der Waals surface area contributed by atoms with Gasteiger partial charge in [-0.05, 0) is 42.5 Å². The molecule has 0 spiro atoms. The topological polar surface area (TPSA) is 89.0 Å². The highest BCUT2D eigenvalue weighted by molar-refractivity contribution is 6.14. The molecule has 0 saturated heterocycles. The number of halogens is 6. The maximum Gasteiger partial charge on any atom is 0.416 e. The van der Waals surface area contributed by atoms with Crippen molar-refractivity contribution in [3.8, 4) is 11.5 Å². The third kappa shape index (κ3) is 5.80. The van der Waals surface area contributed by atoms with E-state index < -0.39 is 34.9 Å². The number of alkyl halides is 6. The first-order chi connectivity index (χ1) is 15.9. The fourth-order valence-corrected chi connectivity index (χ4v) is 2.81. The number of nitrogens with zero attached hydrogens (tertiary/aromatic N) is 2. The molecule has 0 unspecified atom stereocenters. The third-order valence-electron chi connectivity index (χ3n) is 4.49. The van der Waals surface area contributed by atoms with Gasteiger partial charge in [-0.25, -0.2) is 9.98 Å². The van der Waals surface area contributed by atoms with Gasteiger partial charge in [0.25, 0.3) is 0 Å². The zero-order chi connectivity index (χ0) is 25.1. The zero-order valence-corrected chi connectivity index (χ0v) is 17.0. The fraction of sp³-hybridized carbons (Fsp3) is 0.0870. The second-order valence-electron chi connectivity index (χ2n) is 6.91. The Morgan fingerprint density at radius 1 is 0.765 bits per heavy atom. The Labute approximate surface area is 188 Å². The highest BCUT2D eigenvalue weighted by atomic mass is 19.4. The molecule has 0 amide bonds. The molecule has 0 atom stereocenters. The van der Waals surface area contributed by atoms with Gasteiger partial charge in [-0.1, -0.05) is 24.3 Å². The van der Waals surface area contributed by atoms with Crippen LogP contribution in [0.25, 0.3) is 0 Å². The van der Waals surface area contributed by atoms with Crippen LogP contribution in [0.5, 0.6) is 11.5 Å². The first-order valence-electron chi connectivity index (χ1n) is 9.44. The number of hydrogen-bond acceptors (Lipinski definition) is 3. The number of amidine groups is 2. The van der Waals surface area contributed by atoms with Crippen molar-refractivity contribution in [3.05, 3.63) is 94.5 Å². The van der Waals surface area contributed by atoms with Crippen molar-refractivity contribution in [3.63, 3.8) is 0 Å². The van der Waals surface area contributed by atoms with E-state index in [0.29, 0.717) is 12.1 Å². The maximum absolute atomic E-state index is 13.2. The Bertz CT molecular complexity index is 1250. The zero-order valence-electron chi connectivity index (χ0n) is 17.0. The standard InChI is InChI=1S/C23H15F6N3O2/c24-22(25,26)15-9-14(10-16(11-15)23(27,28)29)20(30)32-21(17-6-2-4-8-19(17)34)31-12-13-5-1-3-7-18(13)33/h1-12,30,33-34H. The number of phenols is 2. The number of rotatable bonds is 3. The molecule has 34 heavy (non-hydrogen) atoms. The molecule has 0 saturated carbocycles. The predicted octanol–water partition coefficient (Wildman–Crippen LogP) is 6.03. The van der Waals surface area contributed by atoms with Crippen LogP contribution in [0, 0.1) is 5.41 Å². The van der Waals surface area contributed by atoms with Crippen LogP contribution in [-0.4, -0.2) is 28.1 Å². The number of aliphatic imine (C=N–C) groups is 2. The number of nitrogens with one attached hydrogen (secondary N) is 1. The lowest BCUT2D eigenvalue weighted by molar-refractivity contribution is -0.143. The minimum atomic E-state index is -5.09. The van der Waals surface area contributed by atoms with Crippen LogP contribution in [0.1, 0.15) is 27.8 Å². The molecule has 0 aromatic heterocycles. The van der Waals surface area contributed by atoms with E-state index in [9.17, 15) is 36.6 Å². The summed E-state index contributed by atoms with van der Waals surface area (Å²) in [7, 11) is 0. The second-order valence-corrected chi connectivity index (χ2v) is 6.91.